The van der Waals surface area contributed by atoms with Crippen LogP contribution in [0.4, 0.5) is 0 Å². The topological polar surface area (TPSA) is 96.0 Å². The van der Waals surface area contributed by atoms with Gasteiger partial charge >= 0.3 is 56.4 Å². The summed E-state index contributed by atoms with van der Waals surface area (Å²) in [5.41, 5.74) is 4.71. The molecule has 0 aliphatic carbocycles. The molecule has 0 aromatic heterocycles. The molecule has 0 heterocycles. The molecule has 0 radical (unpaired) electrons. The van der Waals surface area contributed by atoms with Crippen molar-refractivity contribution in [3.63, 3.8) is 0 Å². The van der Waals surface area contributed by atoms with Crippen LogP contribution in [-0.2, 0) is 0 Å². The Morgan fingerprint density at radius 1 is 1.58 bits per heavy atom. The molecular formula is C4H16KN3S4. The first-order valence-electron chi connectivity index (χ1n) is 2.62. The maximum Gasteiger partial charge on any atom is 0.128 e. The van der Waals surface area contributed by atoms with Crippen molar-refractivity contribution in [3.8, 4) is 0 Å². The standard InChI is InChI=1S/C2H5.CH3NS2.CH2S2.K.2H3N/c1-2;2-1(3)4;2-1-3;;;/h1H2,2H3;(H3,2,3,4);1H,(H,2,3);;2*1H3. The first-order valence-corrected chi connectivity index (χ1v) is 6.68. The maximum absolute atomic E-state index is 4.71. The second kappa shape index (κ2) is 37.8. The zero-order valence-corrected chi connectivity index (χ0v) is 14.0. The van der Waals surface area contributed by atoms with E-state index < -0.39 is 0 Å². The molecular weight excluding hydrogens is 257 g/mol. The Morgan fingerprint density at radius 2 is 1.58 bits per heavy atom. The Hall–Kier alpha value is 2.24. The molecule has 0 aromatic rings. The van der Waals surface area contributed by atoms with Gasteiger partial charge in [0.2, 0.25) is 0 Å². The molecule has 12 heavy (non-hydrogen) atoms. The fourth-order valence-corrected chi connectivity index (χ4v) is 0. The smallest absolute Gasteiger partial charge is 0.128 e. The second-order valence-electron chi connectivity index (χ2n) is 1.15. The number of rotatable bonds is 0. The van der Waals surface area contributed by atoms with Gasteiger partial charge < -0.3 is 18.0 Å². The molecule has 0 aromatic carbocycles. The Bertz CT molecular complexity index is 78.7. The van der Waals surface area contributed by atoms with Gasteiger partial charge in [-0.05, 0) is 0 Å². The number of thiocarbonyl (C=S) groups is 2. The van der Waals surface area contributed by atoms with Crippen LogP contribution in [0.15, 0.2) is 0 Å². The minimum Gasteiger partial charge on any atom is -0.385 e. The van der Waals surface area contributed by atoms with E-state index in [9.17, 15) is 0 Å². The molecule has 0 spiro atoms. The predicted molar refractivity (Wildman–Crippen MR) is 74.7 cm³/mol. The van der Waals surface area contributed by atoms with E-state index in [1.807, 2.05) is 0 Å². The minimum absolute atomic E-state index is 0. The van der Waals surface area contributed by atoms with Crippen LogP contribution in [0.25, 0.3) is 0 Å². The van der Waals surface area contributed by atoms with Gasteiger partial charge in [-0.2, -0.15) is 0 Å². The van der Waals surface area contributed by atoms with Gasteiger partial charge in [0.05, 0.1) is 0 Å². The number of hydrogen-bond acceptors (Lipinski definition) is 4. The molecule has 3 nitrogen and oxygen atoms in total. The van der Waals surface area contributed by atoms with Gasteiger partial charge in [-0.15, -0.1) is 25.3 Å². The van der Waals surface area contributed by atoms with E-state index >= 15 is 0 Å². The molecule has 0 fully saturated rings. The Kier molecular flexibility index (Phi) is 92.2. The quantitative estimate of drug-likeness (QED) is 0.264. The molecule has 72 valence electrons. The summed E-state index contributed by atoms with van der Waals surface area (Å²) in [6.07, 6.45) is 0. The number of thiol groups is 2. The van der Waals surface area contributed by atoms with E-state index in [-0.39, 0.29) is 16.6 Å². The van der Waals surface area contributed by atoms with Crippen LogP contribution in [0.3, 0.4) is 0 Å². The summed E-state index contributed by atoms with van der Waals surface area (Å²) in [6, 6.07) is 0. The van der Waals surface area contributed by atoms with E-state index in [1.54, 1.807) is 0 Å². The second-order valence-corrected chi connectivity index (χ2v) is 5.43. The minimum atomic E-state index is 0. The molecule has 0 aliphatic rings. The van der Waals surface area contributed by atoms with Crippen LogP contribution in [0, 0.1) is 0 Å². The van der Waals surface area contributed by atoms with Crippen LogP contribution in [0.2, 0.25) is 0.515 Å². The summed E-state index contributed by atoms with van der Waals surface area (Å²) in [5.74, 6) is 0. The van der Waals surface area contributed by atoms with Gasteiger partial charge in [0, 0.05) is 4.70 Å². The molecule has 0 aliphatic heterocycles. The third kappa shape index (κ3) is 309. The van der Waals surface area contributed by atoms with Gasteiger partial charge in [0.1, 0.15) is 4.32 Å². The zero-order chi connectivity index (χ0) is 8.99. The van der Waals surface area contributed by atoms with Crippen LogP contribution < -0.4 is 18.0 Å². The summed E-state index contributed by atoms with van der Waals surface area (Å²) in [7, 11) is 0. The van der Waals surface area contributed by atoms with E-state index in [0.717, 1.165) is 49.0 Å². The molecule has 0 rings (SSSR count). The van der Waals surface area contributed by atoms with Gasteiger partial charge in [0.15, 0.2) is 0 Å². The maximum atomic E-state index is 4.71. The van der Waals surface area contributed by atoms with Gasteiger partial charge in [-0.1, -0.05) is 24.4 Å². The summed E-state index contributed by atoms with van der Waals surface area (Å²) in [4.78, 5) is 0. The fraction of sp³-hybridized carbons (Fsp3) is 0.500. The molecule has 0 bridgehead atoms. The summed E-state index contributed by atoms with van der Waals surface area (Å²) in [5, 5.41) is 0. The number of nitrogens with two attached hydrogens (primary N) is 1. The predicted octanol–water partition coefficient (Wildman–Crippen LogP) is 1.95. The van der Waals surface area contributed by atoms with Gasteiger partial charge in [-0.25, -0.2) is 0 Å². The van der Waals surface area contributed by atoms with E-state index in [4.69, 9.17) is 5.73 Å². The SMILES string of the molecule is C[CH2][K].N.N.NC(=S)S.S=CS. The molecule has 0 saturated heterocycles. The number of hydrogen-bond donors (Lipinski definition) is 5. The Balaban J connectivity index is -0.0000000191. The van der Waals surface area contributed by atoms with Crippen LogP contribution >= 0.6 is 49.7 Å². The van der Waals surface area contributed by atoms with Crippen molar-refractivity contribution in [1.82, 2.24) is 12.3 Å². The first kappa shape index (κ1) is 29.2. The first-order chi connectivity index (χ1) is 4.56. The molecule has 0 atom stereocenters. The van der Waals surface area contributed by atoms with E-state index in [0.29, 0.717) is 0 Å². The summed E-state index contributed by atoms with van der Waals surface area (Å²) < 4.78 is 2.91. The monoisotopic (exact) mass is 273 g/mol. The molecule has 0 saturated carbocycles. The Morgan fingerprint density at radius 3 is 1.58 bits per heavy atom. The normalized spacial score (nSPS) is 4.75. The fourth-order valence-electron chi connectivity index (χ4n) is 0. The van der Waals surface area contributed by atoms with Crippen molar-refractivity contribution in [2.45, 2.75) is 7.44 Å². The van der Waals surface area contributed by atoms with Crippen LogP contribution in [-0.4, -0.2) is 58.0 Å². The van der Waals surface area contributed by atoms with Crippen molar-refractivity contribution in [3.05, 3.63) is 0 Å². The van der Waals surface area contributed by atoms with Crippen LogP contribution in [0.5, 0.6) is 0 Å². The van der Waals surface area contributed by atoms with Crippen molar-refractivity contribution in [1.29, 1.82) is 0 Å². The van der Waals surface area contributed by atoms with Crippen molar-refractivity contribution in [2.24, 2.45) is 5.73 Å². The third-order valence-electron chi connectivity index (χ3n) is 0. The van der Waals surface area contributed by atoms with Crippen molar-refractivity contribution < 1.29 is 0 Å². The van der Waals surface area contributed by atoms with Gasteiger partial charge in [-0.3, -0.25) is 0 Å². The molecule has 0 unspecified atom stereocenters. The third-order valence-corrected chi connectivity index (χ3v) is 0. The largest absolute Gasteiger partial charge is 0.385 e. The average molecular weight is 274 g/mol. The molecule has 8 heteroatoms. The Labute approximate surface area is 131 Å². The van der Waals surface area contributed by atoms with E-state index in [1.165, 1.54) is 5.21 Å². The van der Waals surface area contributed by atoms with E-state index in [2.05, 4.69) is 56.6 Å². The average Bonchev–Trinajstić information content (AvgIpc) is 1.65. The molecule has 8 N–H and O–H groups in total. The summed E-state index contributed by atoms with van der Waals surface area (Å²) in [6.45, 7) is 2.21. The summed E-state index contributed by atoms with van der Waals surface area (Å²) >= 11 is 16.4. The molecule has 0 amide bonds. The van der Waals surface area contributed by atoms with Crippen molar-refractivity contribution in [2.75, 3.05) is 0 Å². The van der Waals surface area contributed by atoms with Gasteiger partial charge in [0.25, 0.3) is 0 Å². The van der Waals surface area contributed by atoms with Crippen LogP contribution in [0.1, 0.15) is 6.92 Å². The zero-order valence-electron chi connectivity index (χ0n) is 7.49. The van der Waals surface area contributed by atoms with Crippen molar-refractivity contribution >= 4 is 108 Å².